The molecule has 0 saturated carbocycles. The highest BCUT2D eigenvalue weighted by Gasteiger charge is 2.20. The Hall–Kier alpha value is -4.59. The van der Waals surface area contributed by atoms with E-state index in [1.165, 1.54) is 17.3 Å². The van der Waals surface area contributed by atoms with Crippen LogP contribution in [0.1, 0.15) is 18.1 Å². The molecule has 2 aromatic carbocycles. The molecule has 1 fully saturated rings. The first kappa shape index (κ1) is 26.5. The summed E-state index contributed by atoms with van der Waals surface area (Å²) in [5.41, 5.74) is 3.56. The number of nitriles is 1. The Bertz CT molecular complexity index is 1340. The molecule has 0 atom stereocenters. The van der Waals surface area contributed by atoms with Crippen molar-refractivity contribution in [2.24, 2.45) is 5.84 Å². The minimum Gasteiger partial charge on any atom is -0.508 e. The number of phenols is 1. The zero-order valence-electron chi connectivity index (χ0n) is 21.4. The summed E-state index contributed by atoms with van der Waals surface area (Å²) in [4.78, 5) is 21.3. The first-order valence-corrected chi connectivity index (χ1v) is 12.4. The van der Waals surface area contributed by atoms with Crippen LogP contribution in [0.25, 0.3) is 0 Å². The van der Waals surface area contributed by atoms with Gasteiger partial charge in [-0.1, -0.05) is 31.7 Å². The molecule has 1 aliphatic rings. The Morgan fingerprint density at radius 2 is 1.97 bits per heavy atom. The zero-order chi connectivity index (χ0) is 27.1. The minimum absolute atomic E-state index is 0.159. The summed E-state index contributed by atoms with van der Waals surface area (Å²) < 4.78 is 0. The summed E-state index contributed by atoms with van der Waals surface area (Å²) >= 11 is 0. The van der Waals surface area contributed by atoms with E-state index in [0.717, 1.165) is 38.4 Å². The number of nitrogens with one attached hydrogen (secondary N) is 2. The molecule has 0 radical (unpaired) electrons. The Morgan fingerprint density at radius 3 is 2.66 bits per heavy atom. The third kappa shape index (κ3) is 6.03. The van der Waals surface area contributed by atoms with E-state index in [0.29, 0.717) is 40.6 Å². The molecule has 1 saturated heterocycles. The van der Waals surface area contributed by atoms with Crippen molar-refractivity contribution in [1.82, 2.24) is 9.88 Å². The van der Waals surface area contributed by atoms with Crippen molar-refractivity contribution in [2.45, 2.75) is 13.5 Å². The smallest absolute Gasteiger partial charge is 0.247 e. The van der Waals surface area contributed by atoms with Crippen LogP contribution in [0.5, 0.6) is 5.75 Å². The Morgan fingerprint density at radius 1 is 1.21 bits per heavy atom. The van der Waals surface area contributed by atoms with Crippen molar-refractivity contribution in [2.75, 3.05) is 53.3 Å². The van der Waals surface area contributed by atoms with Gasteiger partial charge in [0.25, 0.3) is 0 Å². The number of rotatable bonds is 9. The van der Waals surface area contributed by atoms with Crippen molar-refractivity contribution < 1.29 is 9.90 Å². The molecule has 10 heteroatoms. The van der Waals surface area contributed by atoms with Crippen molar-refractivity contribution in [3.8, 4) is 11.8 Å². The number of carbonyl (C=O) groups is 1. The maximum Gasteiger partial charge on any atom is 0.247 e. The number of anilines is 5. The number of pyridine rings is 1. The van der Waals surface area contributed by atoms with Gasteiger partial charge in [-0.25, -0.2) is 10.8 Å². The molecule has 196 valence electrons. The van der Waals surface area contributed by atoms with Crippen LogP contribution in [0.15, 0.2) is 67.4 Å². The van der Waals surface area contributed by atoms with Crippen molar-refractivity contribution >= 4 is 34.5 Å². The fourth-order valence-corrected chi connectivity index (χ4v) is 4.32. The molecule has 5 N–H and O–H groups in total. The van der Waals surface area contributed by atoms with Gasteiger partial charge in [0, 0.05) is 56.2 Å². The molecular formula is C28H32N8O2. The number of aromatic nitrogens is 1. The Balaban J connectivity index is 1.62. The molecule has 38 heavy (non-hydrogen) atoms. The van der Waals surface area contributed by atoms with Crippen LogP contribution in [-0.2, 0) is 11.3 Å². The van der Waals surface area contributed by atoms with E-state index >= 15 is 0 Å². The molecular weight excluding hydrogens is 480 g/mol. The van der Waals surface area contributed by atoms with Gasteiger partial charge in [-0.15, -0.1) is 0 Å². The second-order valence-electron chi connectivity index (χ2n) is 8.87. The van der Waals surface area contributed by atoms with E-state index < -0.39 is 0 Å². The number of hydrazine groups is 1. The van der Waals surface area contributed by atoms with Gasteiger partial charge in [0.15, 0.2) is 0 Å². The highest BCUT2D eigenvalue weighted by atomic mass is 16.3. The third-order valence-electron chi connectivity index (χ3n) is 6.59. The molecule has 3 aromatic rings. The lowest BCUT2D eigenvalue weighted by Gasteiger charge is -2.36. The number of likely N-dealkylation sites (N-methyl/N-ethyl adjacent to an activating group) is 1. The van der Waals surface area contributed by atoms with Crippen LogP contribution in [0.3, 0.4) is 0 Å². The second-order valence-corrected chi connectivity index (χ2v) is 8.87. The predicted octanol–water partition coefficient (Wildman–Crippen LogP) is 3.55. The van der Waals surface area contributed by atoms with Crippen molar-refractivity contribution in [3.63, 3.8) is 0 Å². The van der Waals surface area contributed by atoms with Crippen molar-refractivity contribution in [1.29, 1.82) is 5.26 Å². The molecule has 0 spiro atoms. The van der Waals surface area contributed by atoms with E-state index in [-0.39, 0.29) is 11.7 Å². The van der Waals surface area contributed by atoms with Gasteiger partial charge in [0.2, 0.25) is 5.91 Å². The molecule has 0 unspecified atom stereocenters. The van der Waals surface area contributed by atoms with Crippen molar-refractivity contribution in [3.05, 3.63) is 78.5 Å². The van der Waals surface area contributed by atoms with Gasteiger partial charge in [0.1, 0.15) is 17.6 Å². The Labute approximate surface area is 222 Å². The normalized spacial score (nSPS) is 13.4. The molecule has 2 heterocycles. The summed E-state index contributed by atoms with van der Waals surface area (Å²) in [7, 11) is 0. The summed E-state index contributed by atoms with van der Waals surface area (Å²) in [6, 6.07) is 16.5. The zero-order valence-corrected chi connectivity index (χ0v) is 21.4. The number of benzene rings is 2. The molecule has 0 aliphatic carbocycles. The molecule has 1 aliphatic heterocycles. The molecule has 4 rings (SSSR count). The maximum atomic E-state index is 12.3. The first-order chi connectivity index (χ1) is 18.4. The van der Waals surface area contributed by atoms with Crippen LogP contribution < -0.4 is 26.4 Å². The van der Waals surface area contributed by atoms with Gasteiger partial charge < -0.3 is 25.5 Å². The average molecular weight is 513 g/mol. The number of nitrogens with zero attached hydrogens (tertiary/aromatic N) is 5. The highest BCUT2D eigenvalue weighted by molar-refractivity contribution is 6.02. The quantitative estimate of drug-likeness (QED) is 0.193. The fourth-order valence-electron chi connectivity index (χ4n) is 4.32. The van der Waals surface area contributed by atoms with E-state index in [1.54, 1.807) is 24.3 Å². The van der Waals surface area contributed by atoms with Crippen LogP contribution in [0.4, 0.5) is 28.6 Å². The van der Waals surface area contributed by atoms with Gasteiger partial charge in [0.05, 0.1) is 22.6 Å². The van der Waals surface area contributed by atoms with E-state index in [9.17, 15) is 15.2 Å². The van der Waals surface area contributed by atoms with Crippen LogP contribution in [-0.4, -0.2) is 53.6 Å². The van der Waals surface area contributed by atoms with Crippen LogP contribution in [0.2, 0.25) is 0 Å². The van der Waals surface area contributed by atoms with Crippen LogP contribution >= 0.6 is 0 Å². The lowest BCUT2D eigenvalue weighted by Crippen LogP contribution is -2.46. The second kappa shape index (κ2) is 12.1. The number of phenolic OH excluding ortho intramolecular Hbond substituents is 1. The summed E-state index contributed by atoms with van der Waals surface area (Å²) in [6.07, 6.45) is 2.64. The minimum atomic E-state index is -0.356. The number of piperazine rings is 1. The summed E-state index contributed by atoms with van der Waals surface area (Å²) in [6.45, 7) is 10.8. The topological polar surface area (TPSA) is 134 Å². The monoisotopic (exact) mass is 512 g/mol. The van der Waals surface area contributed by atoms with Gasteiger partial charge in [-0.3, -0.25) is 9.80 Å². The average Bonchev–Trinajstić information content (AvgIpc) is 2.96. The lowest BCUT2D eigenvalue weighted by molar-refractivity contribution is -0.111. The molecule has 1 amide bonds. The van der Waals surface area contributed by atoms with E-state index in [4.69, 9.17) is 5.84 Å². The summed E-state index contributed by atoms with van der Waals surface area (Å²) in [5, 5.41) is 27.1. The molecule has 1 aromatic heterocycles. The largest absolute Gasteiger partial charge is 0.508 e. The number of para-hydroxylation sites is 1. The Kier molecular flexibility index (Phi) is 8.43. The molecule has 10 nitrogen and oxygen atoms in total. The molecule has 0 bridgehead atoms. The highest BCUT2D eigenvalue weighted by Crippen LogP contribution is 2.34. The van der Waals surface area contributed by atoms with Gasteiger partial charge in [-0.2, -0.15) is 5.26 Å². The maximum absolute atomic E-state index is 12.3. The lowest BCUT2D eigenvalue weighted by atomic mass is 10.1. The van der Waals surface area contributed by atoms with Gasteiger partial charge in [-0.05, 0) is 36.9 Å². The number of carbonyl (C=O) groups excluding carboxylic acids is 1. The first-order valence-electron chi connectivity index (χ1n) is 12.4. The van der Waals surface area contributed by atoms with E-state index in [1.807, 2.05) is 24.3 Å². The SMILES string of the molecule is C=CC(=O)Nc1cc(N2CCN(CC)CC2)ccc1N(N)c1cc(NCc2ccccc2O)c(C#N)cn1. The summed E-state index contributed by atoms with van der Waals surface area (Å²) in [5.74, 6) is 6.68. The number of amides is 1. The number of hydrogen-bond donors (Lipinski definition) is 4. The van der Waals surface area contributed by atoms with Gasteiger partial charge >= 0.3 is 0 Å². The van der Waals surface area contributed by atoms with Crippen LogP contribution in [0, 0.1) is 11.3 Å². The fraction of sp³-hybridized carbons (Fsp3) is 0.250. The third-order valence-corrected chi connectivity index (χ3v) is 6.59. The number of aromatic hydroxyl groups is 1. The number of nitrogens with two attached hydrogens (primary N) is 1. The van der Waals surface area contributed by atoms with E-state index in [2.05, 4.69) is 45.0 Å². The number of hydrogen-bond acceptors (Lipinski definition) is 9. The predicted molar refractivity (Wildman–Crippen MR) is 150 cm³/mol. The standard InChI is InChI=1S/C28H32N8O2/c1-3-28(38)33-24-15-22(35-13-11-34(4-2)12-14-35)9-10-25(24)36(30)27-16-23(21(17-29)19-32-27)31-18-20-7-5-6-8-26(20)37/h3,5-10,15-16,19,37H,1,4,11-14,18,30H2,2H3,(H,31,32)(H,33,38).